The molecule has 0 saturated carbocycles. The molecule has 0 aliphatic heterocycles. The van der Waals surface area contributed by atoms with Gasteiger partial charge in [0.15, 0.2) is 0 Å². The van der Waals surface area contributed by atoms with E-state index in [1.807, 2.05) is 6.92 Å². The van der Waals surface area contributed by atoms with Gasteiger partial charge in [-0.05, 0) is 26.8 Å². The van der Waals surface area contributed by atoms with Gasteiger partial charge in [-0.2, -0.15) is 0 Å². The van der Waals surface area contributed by atoms with E-state index in [0.29, 0.717) is 22.6 Å². The average Bonchev–Trinajstić information content (AvgIpc) is 2.75. The van der Waals surface area contributed by atoms with E-state index >= 15 is 0 Å². The van der Waals surface area contributed by atoms with Gasteiger partial charge in [-0.15, -0.1) is 11.3 Å². The van der Waals surface area contributed by atoms with Crippen LogP contribution < -0.4 is 5.56 Å². The van der Waals surface area contributed by atoms with Crippen LogP contribution in [0.3, 0.4) is 0 Å². The number of nitrogens with zero attached hydrogens (tertiary/aromatic N) is 2. The van der Waals surface area contributed by atoms with Gasteiger partial charge in [0.2, 0.25) is 0 Å². The lowest BCUT2D eigenvalue weighted by Crippen LogP contribution is -2.30. The lowest BCUT2D eigenvalue weighted by atomic mass is 10.3. The van der Waals surface area contributed by atoms with Crippen LogP contribution in [0.25, 0.3) is 10.2 Å². The number of aryl methyl sites for hydroxylation is 2. The summed E-state index contributed by atoms with van der Waals surface area (Å²) in [5.41, 5.74) is -0.210. The minimum atomic E-state index is -0.474. The Hall–Kier alpha value is -1.73. The molecule has 2 heterocycles. The quantitative estimate of drug-likeness (QED) is 0.785. The molecule has 2 rings (SSSR count). The van der Waals surface area contributed by atoms with Gasteiger partial charge in [-0.3, -0.25) is 14.2 Å². The number of methoxy groups -OCH3 is 1. The summed E-state index contributed by atoms with van der Waals surface area (Å²) in [6.45, 7) is 5.55. The molecule has 0 saturated heterocycles. The lowest BCUT2D eigenvalue weighted by molar-refractivity contribution is -0.151. The first kappa shape index (κ1) is 15.7. The topological polar surface area (TPSA) is 70.4 Å². The highest BCUT2D eigenvalue weighted by Gasteiger charge is 2.15. The van der Waals surface area contributed by atoms with E-state index in [1.165, 1.54) is 23.0 Å². The first-order chi connectivity index (χ1) is 9.92. The molecule has 1 atom stereocenters. The number of rotatable bonds is 5. The summed E-state index contributed by atoms with van der Waals surface area (Å²) < 4.78 is 11.4. The number of carbonyl (C=O) groups excluding carboxylic acids is 1. The van der Waals surface area contributed by atoms with E-state index in [1.54, 1.807) is 19.9 Å². The molecule has 114 valence electrons. The van der Waals surface area contributed by atoms with E-state index in [2.05, 4.69) is 4.98 Å². The number of ether oxygens (including phenoxy) is 2. The molecule has 0 radical (unpaired) electrons. The summed E-state index contributed by atoms with van der Waals surface area (Å²) >= 11 is 1.47. The number of esters is 1. The maximum absolute atomic E-state index is 12.4. The predicted molar refractivity (Wildman–Crippen MR) is 80.8 cm³/mol. The van der Waals surface area contributed by atoms with Crippen molar-refractivity contribution in [2.45, 2.75) is 33.4 Å². The molecule has 0 aliphatic rings. The Morgan fingerprint density at radius 3 is 2.86 bits per heavy atom. The molecular weight excluding hydrogens is 292 g/mol. The highest BCUT2D eigenvalue weighted by atomic mass is 32.1. The highest BCUT2D eigenvalue weighted by molar-refractivity contribution is 7.18. The average molecular weight is 310 g/mol. The van der Waals surface area contributed by atoms with Gasteiger partial charge < -0.3 is 9.47 Å². The highest BCUT2D eigenvalue weighted by Crippen LogP contribution is 2.20. The Bertz CT molecular complexity index is 720. The fraction of sp³-hybridized carbons (Fsp3) is 0.500. The lowest BCUT2D eigenvalue weighted by Gasteiger charge is -2.13. The Balaban J connectivity index is 2.26. The van der Waals surface area contributed by atoms with E-state index in [0.717, 1.165) is 4.88 Å². The van der Waals surface area contributed by atoms with Crippen molar-refractivity contribution in [3.8, 4) is 0 Å². The van der Waals surface area contributed by atoms with Crippen LogP contribution >= 0.6 is 11.3 Å². The molecule has 7 heteroatoms. The molecule has 2 aromatic heterocycles. The molecule has 0 aromatic carbocycles. The molecule has 0 bridgehead atoms. The van der Waals surface area contributed by atoms with Crippen LogP contribution in [-0.2, 0) is 20.8 Å². The van der Waals surface area contributed by atoms with Crippen LogP contribution in [-0.4, -0.2) is 35.3 Å². The summed E-state index contributed by atoms with van der Waals surface area (Å²) in [7, 11) is 1.54. The van der Waals surface area contributed by atoms with Crippen molar-refractivity contribution in [2.24, 2.45) is 0 Å². The van der Waals surface area contributed by atoms with Gasteiger partial charge in [-0.25, -0.2) is 4.98 Å². The van der Waals surface area contributed by atoms with Crippen LogP contribution in [0.1, 0.15) is 17.6 Å². The van der Waals surface area contributed by atoms with Gasteiger partial charge in [-0.1, -0.05) is 0 Å². The normalized spacial score (nSPS) is 12.6. The second kappa shape index (κ2) is 6.36. The van der Waals surface area contributed by atoms with Crippen LogP contribution in [0.4, 0.5) is 0 Å². The van der Waals surface area contributed by atoms with Crippen molar-refractivity contribution in [2.75, 3.05) is 13.7 Å². The molecule has 0 spiro atoms. The molecular formula is C14H18N2O4S. The van der Waals surface area contributed by atoms with Crippen molar-refractivity contribution in [3.63, 3.8) is 0 Å². The molecule has 6 nitrogen and oxygen atoms in total. The minimum Gasteiger partial charge on any atom is -0.459 e. The molecule has 0 fully saturated rings. The summed E-state index contributed by atoms with van der Waals surface area (Å²) in [5.74, 6) is 0.0311. The Labute approximate surface area is 126 Å². The van der Waals surface area contributed by atoms with E-state index in [9.17, 15) is 9.59 Å². The van der Waals surface area contributed by atoms with Crippen molar-refractivity contribution >= 4 is 27.5 Å². The van der Waals surface area contributed by atoms with Crippen molar-refractivity contribution in [1.82, 2.24) is 9.55 Å². The Kier molecular flexibility index (Phi) is 4.74. The third kappa shape index (κ3) is 3.48. The van der Waals surface area contributed by atoms with Crippen LogP contribution in [0.5, 0.6) is 0 Å². The first-order valence-electron chi connectivity index (χ1n) is 6.58. The second-order valence-electron chi connectivity index (χ2n) is 4.88. The van der Waals surface area contributed by atoms with E-state index in [-0.39, 0.29) is 18.2 Å². The number of carbonyl (C=O) groups is 1. The summed E-state index contributed by atoms with van der Waals surface area (Å²) in [4.78, 5) is 30.4. The summed E-state index contributed by atoms with van der Waals surface area (Å²) in [6, 6.07) is 1.80. The van der Waals surface area contributed by atoms with Gasteiger partial charge in [0.1, 0.15) is 23.3 Å². The largest absolute Gasteiger partial charge is 0.459 e. The smallest absolute Gasteiger partial charge is 0.326 e. The number of fused-ring (bicyclic) bond motifs is 1. The molecule has 0 amide bonds. The SMILES string of the molecule is COCC(C)OC(=O)Cn1c(C)nc2sc(C)cc2c1=O. The Morgan fingerprint density at radius 1 is 1.48 bits per heavy atom. The van der Waals surface area contributed by atoms with Crippen LogP contribution in [0.15, 0.2) is 10.9 Å². The standard InChI is InChI=1S/C14H18N2O4S/c1-8(7-19-4)20-12(17)6-16-10(3)15-13-11(14(16)18)5-9(2)21-13/h5,8H,6-7H2,1-4H3. The third-order valence-corrected chi connectivity index (χ3v) is 3.93. The fourth-order valence-electron chi connectivity index (χ4n) is 2.08. The van der Waals surface area contributed by atoms with E-state index < -0.39 is 5.97 Å². The first-order valence-corrected chi connectivity index (χ1v) is 7.40. The monoisotopic (exact) mass is 310 g/mol. The number of aromatic nitrogens is 2. The van der Waals surface area contributed by atoms with Crippen LogP contribution in [0.2, 0.25) is 0 Å². The number of hydrogen-bond donors (Lipinski definition) is 0. The fourth-order valence-corrected chi connectivity index (χ4v) is 3.00. The zero-order valence-electron chi connectivity index (χ0n) is 12.5. The Morgan fingerprint density at radius 2 is 2.19 bits per heavy atom. The molecule has 21 heavy (non-hydrogen) atoms. The molecule has 0 aliphatic carbocycles. The summed E-state index contributed by atoms with van der Waals surface area (Å²) in [5, 5.41) is 0.542. The van der Waals surface area contributed by atoms with Gasteiger partial charge in [0, 0.05) is 12.0 Å². The van der Waals surface area contributed by atoms with Crippen molar-refractivity contribution < 1.29 is 14.3 Å². The minimum absolute atomic E-state index is 0.142. The second-order valence-corrected chi connectivity index (χ2v) is 6.12. The third-order valence-electron chi connectivity index (χ3n) is 2.99. The molecule has 2 aromatic rings. The van der Waals surface area contributed by atoms with Gasteiger partial charge >= 0.3 is 5.97 Å². The van der Waals surface area contributed by atoms with E-state index in [4.69, 9.17) is 9.47 Å². The van der Waals surface area contributed by atoms with Gasteiger partial charge in [0.25, 0.3) is 5.56 Å². The zero-order chi connectivity index (χ0) is 15.6. The van der Waals surface area contributed by atoms with Gasteiger partial charge in [0.05, 0.1) is 12.0 Å². The maximum atomic E-state index is 12.4. The molecule has 1 unspecified atom stereocenters. The summed E-state index contributed by atoms with van der Waals surface area (Å²) in [6.07, 6.45) is -0.349. The van der Waals surface area contributed by atoms with Crippen molar-refractivity contribution in [3.05, 3.63) is 27.1 Å². The maximum Gasteiger partial charge on any atom is 0.326 e. The predicted octanol–water partition coefficient (Wildman–Crippen LogP) is 1.65. The number of hydrogen-bond acceptors (Lipinski definition) is 6. The zero-order valence-corrected chi connectivity index (χ0v) is 13.3. The number of thiophene rings is 1. The van der Waals surface area contributed by atoms with Crippen LogP contribution in [0, 0.1) is 13.8 Å². The van der Waals surface area contributed by atoms with Crippen molar-refractivity contribution in [1.29, 1.82) is 0 Å². The molecule has 0 N–H and O–H groups in total.